The molecule has 2 heterocycles. The van der Waals surface area contributed by atoms with Gasteiger partial charge in [0, 0.05) is 6.54 Å². The Bertz CT molecular complexity index is 494. The first-order chi connectivity index (χ1) is 8.06. The molecule has 0 fully saturated rings. The molecule has 1 atom stereocenters. The van der Waals surface area contributed by atoms with Crippen LogP contribution in [0.3, 0.4) is 0 Å². The van der Waals surface area contributed by atoms with Crippen molar-refractivity contribution < 1.29 is 8.94 Å². The summed E-state index contributed by atoms with van der Waals surface area (Å²) >= 11 is 5.66. The zero-order valence-electron chi connectivity index (χ0n) is 9.55. The van der Waals surface area contributed by atoms with Crippen molar-refractivity contribution in [1.82, 2.24) is 15.0 Å². The molecule has 0 saturated heterocycles. The predicted octanol–water partition coefficient (Wildman–Crippen LogP) is 1.54. The summed E-state index contributed by atoms with van der Waals surface area (Å²) in [6.45, 7) is 0.637. The Morgan fingerprint density at radius 1 is 1.47 bits per heavy atom. The summed E-state index contributed by atoms with van der Waals surface area (Å²) in [5.74, 6) is 1.16. The Kier molecular flexibility index (Phi) is 3.46. The molecule has 0 spiro atoms. The second-order valence-electron chi connectivity index (χ2n) is 3.93. The molecule has 2 aromatic rings. The second kappa shape index (κ2) is 4.87. The lowest BCUT2D eigenvalue weighted by atomic mass is 10.3. The van der Waals surface area contributed by atoms with E-state index in [0.29, 0.717) is 18.1 Å². The molecule has 0 aliphatic heterocycles. The van der Waals surface area contributed by atoms with E-state index in [-0.39, 0.29) is 17.2 Å². The maximum Gasteiger partial charge on any atom is 0.293 e. The Balaban J connectivity index is 2.15. The van der Waals surface area contributed by atoms with Gasteiger partial charge in [0.05, 0.1) is 6.04 Å². The number of furan rings is 1. The van der Waals surface area contributed by atoms with Crippen LogP contribution in [0.4, 0.5) is 0 Å². The van der Waals surface area contributed by atoms with Crippen LogP contribution >= 0.6 is 11.6 Å². The van der Waals surface area contributed by atoms with Crippen molar-refractivity contribution in [2.24, 2.45) is 5.73 Å². The van der Waals surface area contributed by atoms with Gasteiger partial charge in [0.15, 0.2) is 16.8 Å². The molecule has 0 bridgehead atoms. The average Bonchev–Trinajstić information content (AvgIpc) is 2.84. The van der Waals surface area contributed by atoms with Gasteiger partial charge < -0.3 is 19.6 Å². The molecule has 17 heavy (non-hydrogen) atoms. The minimum Gasteiger partial charge on any atom is -0.440 e. The molecule has 1 unspecified atom stereocenters. The summed E-state index contributed by atoms with van der Waals surface area (Å²) < 4.78 is 10.2. The molecule has 0 amide bonds. The highest BCUT2D eigenvalue weighted by Crippen LogP contribution is 2.23. The number of nitrogens with zero attached hydrogens (tertiary/aromatic N) is 3. The summed E-state index contributed by atoms with van der Waals surface area (Å²) in [6, 6.07) is 2.98. The number of halogens is 1. The van der Waals surface area contributed by atoms with Gasteiger partial charge in [-0.05, 0) is 37.8 Å². The molecule has 0 aromatic carbocycles. The van der Waals surface area contributed by atoms with Crippen LogP contribution in [0.25, 0.3) is 11.7 Å². The highest BCUT2D eigenvalue weighted by Gasteiger charge is 2.17. The van der Waals surface area contributed by atoms with Crippen LogP contribution in [0.15, 0.2) is 21.1 Å². The van der Waals surface area contributed by atoms with Crippen molar-refractivity contribution in [3.05, 3.63) is 23.2 Å². The van der Waals surface area contributed by atoms with E-state index in [0.717, 1.165) is 0 Å². The fourth-order valence-corrected chi connectivity index (χ4v) is 1.54. The smallest absolute Gasteiger partial charge is 0.293 e. The Morgan fingerprint density at radius 3 is 2.82 bits per heavy atom. The number of likely N-dealkylation sites (N-methyl/N-ethyl adjacent to an activating group) is 1. The summed E-state index contributed by atoms with van der Waals surface area (Å²) in [6.07, 6.45) is 0. The summed E-state index contributed by atoms with van der Waals surface area (Å²) in [5, 5.41) is 4.09. The van der Waals surface area contributed by atoms with Crippen LogP contribution in [0.5, 0.6) is 0 Å². The molecule has 0 radical (unpaired) electrons. The van der Waals surface area contributed by atoms with E-state index >= 15 is 0 Å². The summed E-state index contributed by atoms with van der Waals surface area (Å²) in [5.41, 5.74) is 5.91. The largest absolute Gasteiger partial charge is 0.440 e. The van der Waals surface area contributed by atoms with Crippen LogP contribution < -0.4 is 5.73 Å². The first-order valence-electron chi connectivity index (χ1n) is 5.06. The minimum atomic E-state index is -0.298. The zero-order chi connectivity index (χ0) is 12.4. The van der Waals surface area contributed by atoms with E-state index < -0.39 is 0 Å². The van der Waals surface area contributed by atoms with E-state index in [1.807, 2.05) is 19.0 Å². The van der Waals surface area contributed by atoms with Crippen LogP contribution in [0.2, 0.25) is 5.22 Å². The normalized spacial score (nSPS) is 13.2. The van der Waals surface area contributed by atoms with Gasteiger partial charge in [0.2, 0.25) is 0 Å². The van der Waals surface area contributed by atoms with E-state index in [1.165, 1.54) is 0 Å². The number of rotatable bonds is 4. The van der Waals surface area contributed by atoms with Crippen molar-refractivity contribution in [1.29, 1.82) is 0 Å². The first-order valence-corrected chi connectivity index (χ1v) is 5.43. The van der Waals surface area contributed by atoms with Crippen molar-refractivity contribution in [3.8, 4) is 11.7 Å². The molecular weight excluding hydrogens is 244 g/mol. The lowest BCUT2D eigenvalue weighted by Gasteiger charge is -2.12. The number of nitrogens with two attached hydrogens (primary N) is 1. The van der Waals surface area contributed by atoms with E-state index in [4.69, 9.17) is 26.3 Å². The lowest BCUT2D eigenvalue weighted by Crippen LogP contribution is -2.26. The van der Waals surface area contributed by atoms with Gasteiger partial charge >= 0.3 is 0 Å². The highest BCUT2D eigenvalue weighted by molar-refractivity contribution is 6.28. The van der Waals surface area contributed by atoms with E-state index in [2.05, 4.69) is 10.1 Å². The maximum atomic E-state index is 5.91. The molecule has 2 N–H and O–H groups in total. The van der Waals surface area contributed by atoms with Crippen molar-refractivity contribution in [2.45, 2.75) is 6.04 Å². The van der Waals surface area contributed by atoms with Gasteiger partial charge in [-0.3, -0.25) is 0 Å². The molecule has 0 aliphatic carbocycles. The third-order valence-electron chi connectivity index (χ3n) is 2.12. The molecule has 6 nitrogen and oxygen atoms in total. The van der Waals surface area contributed by atoms with Crippen LogP contribution in [0.1, 0.15) is 11.9 Å². The third-order valence-corrected chi connectivity index (χ3v) is 2.32. The van der Waals surface area contributed by atoms with Crippen molar-refractivity contribution >= 4 is 11.6 Å². The summed E-state index contributed by atoms with van der Waals surface area (Å²) in [7, 11) is 3.85. The van der Waals surface area contributed by atoms with Crippen LogP contribution in [0, 0.1) is 0 Å². The number of hydrogen-bond donors (Lipinski definition) is 1. The SMILES string of the molecule is CN(C)CC(N)c1noc(-c2ccc(Cl)o2)n1. The summed E-state index contributed by atoms with van der Waals surface area (Å²) in [4.78, 5) is 6.11. The van der Waals surface area contributed by atoms with Crippen molar-refractivity contribution in [2.75, 3.05) is 20.6 Å². The van der Waals surface area contributed by atoms with Crippen LogP contribution in [-0.2, 0) is 0 Å². The Morgan fingerprint density at radius 2 is 2.24 bits per heavy atom. The molecule has 0 aliphatic rings. The third kappa shape index (κ3) is 2.85. The molecule has 7 heteroatoms. The lowest BCUT2D eigenvalue weighted by molar-refractivity contribution is 0.355. The second-order valence-corrected chi connectivity index (χ2v) is 4.30. The topological polar surface area (TPSA) is 81.3 Å². The standard InChI is InChI=1S/C10H13ClN4O2/c1-15(2)5-6(12)9-13-10(17-14-9)7-3-4-8(11)16-7/h3-4,6H,5,12H2,1-2H3. The van der Waals surface area contributed by atoms with E-state index in [9.17, 15) is 0 Å². The van der Waals surface area contributed by atoms with Crippen molar-refractivity contribution in [3.63, 3.8) is 0 Å². The Labute approximate surface area is 103 Å². The van der Waals surface area contributed by atoms with Crippen LogP contribution in [-0.4, -0.2) is 35.7 Å². The molecule has 0 saturated carbocycles. The van der Waals surface area contributed by atoms with Gasteiger partial charge in [-0.2, -0.15) is 4.98 Å². The number of aromatic nitrogens is 2. The highest BCUT2D eigenvalue weighted by atomic mass is 35.5. The predicted molar refractivity (Wildman–Crippen MR) is 62.5 cm³/mol. The maximum absolute atomic E-state index is 5.91. The zero-order valence-corrected chi connectivity index (χ0v) is 10.3. The molecular formula is C10H13ClN4O2. The Hall–Kier alpha value is -1.37. The van der Waals surface area contributed by atoms with Gasteiger partial charge in [0.1, 0.15) is 0 Å². The van der Waals surface area contributed by atoms with Gasteiger partial charge in [-0.25, -0.2) is 0 Å². The van der Waals surface area contributed by atoms with Gasteiger partial charge in [0.25, 0.3) is 5.89 Å². The average molecular weight is 257 g/mol. The molecule has 2 rings (SSSR count). The van der Waals surface area contributed by atoms with Gasteiger partial charge in [-0.1, -0.05) is 5.16 Å². The first kappa shape index (κ1) is 12.1. The number of hydrogen-bond acceptors (Lipinski definition) is 6. The van der Waals surface area contributed by atoms with Gasteiger partial charge in [-0.15, -0.1) is 0 Å². The fraction of sp³-hybridized carbons (Fsp3) is 0.400. The van der Waals surface area contributed by atoms with E-state index in [1.54, 1.807) is 12.1 Å². The molecule has 92 valence electrons. The quantitative estimate of drug-likeness (QED) is 0.894. The molecule has 2 aromatic heterocycles. The fourth-order valence-electron chi connectivity index (χ4n) is 1.39. The monoisotopic (exact) mass is 256 g/mol. The minimum absolute atomic E-state index is 0.275.